The number of hydrogen-bond acceptors (Lipinski definition) is 17. The minimum atomic E-state index is -5.55. The third-order valence-corrected chi connectivity index (χ3v) is 11.4. The molecule has 294 valence electrons. The van der Waals surface area contributed by atoms with Gasteiger partial charge in [-0.25, -0.2) is 28.6 Å². The largest absolute Gasteiger partial charge is 0.481 e. The molecule has 1 fully saturated rings. The maximum atomic E-state index is 12.6. The monoisotopic (exact) mass is 821 g/mol. The number of amides is 2. The highest BCUT2D eigenvalue weighted by atomic mass is 32.2. The van der Waals surface area contributed by atoms with Gasteiger partial charge in [-0.2, -0.15) is 4.31 Å². The van der Waals surface area contributed by atoms with E-state index in [0.29, 0.717) is 12.3 Å². The van der Waals surface area contributed by atoms with E-state index >= 15 is 0 Å². The van der Waals surface area contributed by atoms with Gasteiger partial charge in [-0.1, -0.05) is 19.9 Å². The van der Waals surface area contributed by atoms with Gasteiger partial charge in [0.25, 0.3) is 0 Å². The number of aromatic nitrogens is 4. The number of carbonyl (C=O) groups excluding carboxylic acids is 2. The Morgan fingerprint density at radius 3 is 2.44 bits per heavy atom. The first-order valence-electron chi connectivity index (χ1n) is 15.2. The van der Waals surface area contributed by atoms with Crippen LogP contribution in [0.3, 0.4) is 0 Å². The van der Waals surface area contributed by atoms with Crippen LogP contribution in [0.2, 0.25) is 0 Å². The third kappa shape index (κ3) is 12.9. The van der Waals surface area contributed by atoms with Crippen LogP contribution in [0, 0.1) is 5.41 Å². The number of hydrogen-bond donors (Lipinski definition) is 9. The SMILES string of the molecule is CC=C(C)SCCNC(=O)CCNC(=O)C(O)C(C)(C)COP(=O)(O)OP(=O)(O)OC[C@H]1O[C@@H](n2cnc3c(N)ncnc32)[C@H](O)[C@@H]1OP(=O)(O)O. The van der Waals surface area contributed by atoms with Gasteiger partial charge in [0.2, 0.25) is 11.8 Å². The molecule has 3 heterocycles. The zero-order chi connectivity index (χ0) is 39.1. The molecule has 23 nitrogen and oxygen atoms in total. The van der Waals surface area contributed by atoms with Crippen molar-refractivity contribution in [2.45, 2.75) is 64.8 Å². The first-order chi connectivity index (χ1) is 24.1. The van der Waals surface area contributed by atoms with Gasteiger partial charge in [0, 0.05) is 30.7 Å². The van der Waals surface area contributed by atoms with Crippen molar-refractivity contribution in [1.29, 1.82) is 0 Å². The Labute approximate surface area is 301 Å². The number of allylic oxidation sites excluding steroid dienone is 2. The van der Waals surface area contributed by atoms with E-state index in [1.165, 1.54) is 13.8 Å². The number of nitrogens with zero attached hydrogens (tertiary/aromatic N) is 4. The molecule has 27 heteroatoms. The van der Waals surface area contributed by atoms with Gasteiger partial charge in [0.05, 0.1) is 19.5 Å². The van der Waals surface area contributed by atoms with Gasteiger partial charge in [-0.15, -0.1) is 11.8 Å². The highest BCUT2D eigenvalue weighted by Crippen LogP contribution is 2.61. The number of anilines is 1. The summed E-state index contributed by atoms with van der Waals surface area (Å²) in [5.74, 6) is -0.650. The highest BCUT2D eigenvalue weighted by molar-refractivity contribution is 8.03. The Morgan fingerprint density at radius 1 is 1.12 bits per heavy atom. The highest BCUT2D eigenvalue weighted by Gasteiger charge is 2.50. The van der Waals surface area contributed by atoms with Crippen LogP contribution >= 0.6 is 35.2 Å². The van der Waals surface area contributed by atoms with E-state index in [1.807, 2.05) is 19.9 Å². The first-order valence-corrected chi connectivity index (χ1v) is 20.7. The summed E-state index contributed by atoms with van der Waals surface area (Å²) in [6.07, 6.45) is -4.79. The van der Waals surface area contributed by atoms with E-state index in [2.05, 4.69) is 34.4 Å². The van der Waals surface area contributed by atoms with Crippen LogP contribution in [-0.4, -0.2) is 118 Å². The van der Waals surface area contributed by atoms with Crippen LogP contribution in [0.5, 0.6) is 0 Å². The molecule has 3 unspecified atom stereocenters. The molecule has 10 N–H and O–H groups in total. The van der Waals surface area contributed by atoms with Crippen molar-refractivity contribution in [2.75, 3.05) is 37.8 Å². The number of nitrogens with two attached hydrogens (primary N) is 1. The fraction of sp³-hybridized carbons (Fsp3) is 0.640. The number of rotatable bonds is 20. The third-order valence-electron chi connectivity index (χ3n) is 7.24. The van der Waals surface area contributed by atoms with Crippen molar-refractivity contribution in [3.05, 3.63) is 23.6 Å². The van der Waals surface area contributed by atoms with Crippen LogP contribution in [0.25, 0.3) is 11.2 Å². The summed E-state index contributed by atoms with van der Waals surface area (Å²) in [5.41, 5.74) is 4.31. The number of carbonyl (C=O) groups is 2. The molecule has 0 radical (unpaired) electrons. The molecule has 2 amide bonds. The lowest BCUT2D eigenvalue weighted by Crippen LogP contribution is -2.46. The van der Waals surface area contributed by atoms with E-state index < -0.39 is 78.6 Å². The van der Waals surface area contributed by atoms with Gasteiger partial charge in [0.1, 0.15) is 36.3 Å². The van der Waals surface area contributed by atoms with Crippen molar-refractivity contribution in [1.82, 2.24) is 30.2 Å². The molecule has 1 aliphatic heterocycles. The van der Waals surface area contributed by atoms with Crippen molar-refractivity contribution >= 4 is 64.0 Å². The fourth-order valence-corrected chi connectivity index (χ4v) is 7.95. The summed E-state index contributed by atoms with van der Waals surface area (Å²) >= 11 is 1.57. The summed E-state index contributed by atoms with van der Waals surface area (Å²) in [6, 6.07) is 0. The number of phosphoric ester groups is 3. The van der Waals surface area contributed by atoms with E-state index in [-0.39, 0.29) is 35.9 Å². The molecule has 1 aliphatic rings. The Balaban J connectivity index is 1.54. The quantitative estimate of drug-likeness (QED) is 0.0630. The Bertz CT molecular complexity index is 1740. The van der Waals surface area contributed by atoms with Crippen LogP contribution in [0.4, 0.5) is 5.82 Å². The Kier molecular flexibility index (Phi) is 15.5. The standard InChI is InChI=1S/C25H42N7O16P3S/c1-5-14(2)52-9-8-27-16(33)6-7-28-23(36)20(35)25(3,4)11-45-51(42,43)48-50(40,41)44-10-15-19(47-49(37,38)39)18(34)24(46-15)32-13-31-17-21(26)29-12-30-22(17)32/h5,12-13,15,18-20,24,34-35H,6-11H2,1-4H3,(H,27,33)(H,28,36)(H,40,41)(H,42,43)(H2,26,29,30)(H2,37,38,39)/t15-,18-,19-,20?,24-/m1/s1. The Morgan fingerprint density at radius 2 is 1.79 bits per heavy atom. The van der Waals surface area contributed by atoms with Gasteiger partial charge in [0.15, 0.2) is 17.7 Å². The van der Waals surface area contributed by atoms with E-state index in [9.17, 15) is 53.1 Å². The summed E-state index contributed by atoms with van der Waals surface area (Å²) in [7, 11) is -16.3. The predicted molar refractivity (Wildman–Crippen MR) is 182 cm³/mol. The number of aliphatic hydroxyl groups excluding tert-OH is 2. The zero-order valence-electron chi connectivity index (χ0n) is 28.2. The topological polar surface area (TPSA) is 347 Å². The Hall–Kier alpha value is -2.37. The normalized spacial score (nSPS) is 22.8. The smallest absolute Gasteiger partial charge is 0.386 e. The summed E-state index contributed by atoms with van der Waals surface area (Å²) in [4.78, 5) is 76.4. The fourth-order valence-electron chi connectivity index (χ4n) is 4.43. The number of thioether (sulfide) groups is 1. The summed E-state index contributed by atoms with van der Waals surface area (Å²) in [6.45, 7) is 4.68. The molecule has 2 aromatic rings. The van der Waals surface area contributed by atoms with E-state index in [0.717, 1.165) is 22.1 Å². The van der Waals surface area contributed by atoms with Crippen molar-refractivity contribution < 1.29 is 75.7 Å². The van der Waals surface area contributed by atoms with E-state index in [4.69, 9.17) is 19.5 Å². The number of imidazole rings is 1. The second-order valence-corrected chi connectivity index (χ2v) is 17.4. The molecule has 0 saturated carbocycles. The molecule has 2 aromatic heterocycles. The first kappa shape index (κ1) is 44.0. The molecule has 7 atom stereocenters. The van der Waals surface area contributed by atoms with E-state index in [1.54, 1.807) is 11.8 Å². The van der Waals surface area contributed by atoms with Crippen LogP contribution in [0.1, 0.15) is 40.3 Å². The lowest BCUT2D eigenvalue weighted by molar-refractivity contribution is -0.137. The molecule has 0 bridgehead atoms. The van der Waals surface area contributed by atoms with Gasteiger partial charge >= 0.3 is 23.5 Å². The lowest BCUT2D eigenvalue weighted by atomic mass is 9.87. The molecular formula is C25H42N7O16P3S. The number of aliphatic hydroxyl groups is 2. The zero-order valence-corrected chi connectivity index (χ0v) is 31.7. The van der Waals surface area contributed by atoms with Crippen LogP contribution in [0.15, 0.2) is 23.6 Å². The minimum absolute atomic E-state index is 0.0354. The average molecular weight is 822 g/mol. The summed E-state index contributed by atoms with van der Waals surface area (Å²) in [5, 5.41) is 26.4. The molecule has 1 saturated heterocycles. The molecule has 3 rings (SSSR count). The van der Waals surface area contributed by atoms with Gasteiger partial charge < -0.3 is 50.9 Å². The number of nitrogen functional groups attached to an aromatic ring is 1. The lowest BCUT2D eigenvalue weighted by Gasteiger charge is -2.30. The maximum Gasteiger partial charge on any atom is 0.481 e. The number of fused-ring (bicyclic) bond motifs is 1. The predicted octanol–water partition coefficient (Wildman–Crippen LogP) is 0.0618. The minimum Gasteiger partial charge on any atom is -0.386 e. The van der Waals surface area contributed by atoms with Crippen LogP contribution < -0.4 is 16.4 Å². The van der Waals surface area contributed by atoms with Crippen molar-refractivity contribution in [2.24, 2.45) is 5.41 Å². The van der Waals surface area contributed by atoms with Gasteiger partial charge in [-0.05, 0) is 18.8 Å². The molecular weight excluding hydrogens is 779 g/mol. The molecule has 0 spiro atoms. The van der Waals surface area contributed by atoms with Crippen LogP contribution in [-0.2, 0) is 45.9 Å². The second kappa shape index (κ2) is 18.3. The number of ether oxygens (including phenoxy) is 1. The maximum absolute atomic E-state index is 12.6. The number of nitrogens with one attached hydrogen (secondary N) is 2. The van der Waals surface area contributed by atoms with Crippen molar-refractivity contribution in [3.63, 3.8) is 0 Å². The molecule has 52 heavy (non-hydrogen) atoms. The van der Waals surface area contributed by atoms with Crippen molar-refractivity contribution in [3.8, 4) is 0 Å². The molecule has 0 aliphatic carbocycles. The average Bonchev–Trinajstić information content (AvgIpc) is 3.60. The second-order valence-electron chi connectivity index (χ2n) is 11.8. The number of phosphoric acid groups is 3. The molecule has 0 aromatic carbocycles. The summed E-state index contributed by atoms with van der Waals surface area (Å²) < 4.78 is 62.0. The van der Waals surface area contributed by atoms with Gasteiger partial charge in [-0.3, -0.25) is 27.7 Å².